The standard InChI is InChI=1S/C15H19N5OS/c1-3-13-16-5-7-19(13)6-4-14(21)17-11(2)12-10-20-8-9-22-15(20)18-12/h5,7-11H,3-4,6H2,1-2H3,(H,17,21). The highest BCUT2D eigenvalue weighted by atomic mass is 32.1. The predicted octanol–water partition coefficient (Wildman–Crippen LogP) is 2.42. The molecule has 3 aromatic heterocycles. The second-order valence-electron chi connectivity index (χ2n) is 5.19. The second kappa shape index (κ2) is 6.31. The van der Waals surface area contributed by atoms with Gasteiger partial charge in [0.2, 0.25) is 5.91 Å². The van der Waals surface area contributed by atoms with Crippen molar-refractivity contribution in [1.29, 1.82) is 0 Å². The monoisotopic (exact) mass is 317 g/mol. The quantitative estimate of drug-likeness (QED) is 0.759. The van der Waals surface area contributed by atoms with Gasteiger partial charge in [-0.25, -0.2) is 9.97 Å². The Bertz CT molecular complexity index is 743. The number of imidazole rings is 2. The molecule has 0 spiro atoms. The summed E-state index contributed by atoms with van der Waals surface area (Å²) >= 11 is 1.59. The van der Waals surface area contributed by atoms with Crippen molar-refractivity contribution < 1.29 is 4.79 Å². The van der Waals surface area contributed by atoms with E-state index in [1.54, 1.807) is 17.5 Å². The summed E-state index contributed by atoms with van der Waals surface area (Å²) in [4.78, 5) is 21.8. The summed E-state index contributed by atoms with van der Waals surface area (Å²) in [5.41, 5.74) is 0.886. The van der Waals surface area contributed by atoms with Crippen LogP contribution in [0.3, 0.4) is 0 Å². The normalized spacial score (nSPS) is 12.6. The lowest BCUT2D eigenvalue weighted by Crippen LogP contribution is -2.27. The van der Waals surface area contributed by atoms with Crippen molar-refractivity contribution in [1.82, 2.24) is 24.3 Å². The van der Waals surface area contributed by atoms with Crippen LogP contribution in [0.25, 0.3) is 4.96 Å². The van der Waals surface area contributed by atoms with Crippen LogP contribution in [0.1, 0.15) is 37.8 Å². The van der Waals surface area contributed by atoms with Crippen LogP contribution >= 0.6 is 11.3 Å². The van der Waals surface area contributed by atoms with Crippen LogP contribution in [-0.4, -0.2) is 24.8 Å². The first kappa shape index (κ1) is 14.8. The van der Waals surface area contributed by atoms with Crippen molar-refractivity contribution >= 4 is 22.2 Å². The molecular formula is C15H19N5OS. The highest BCUT2D eigenvalue weighted by Gasteiger charge is 2.13. The highest BCUT2D eigenvalue weighted by Crippen LogP contribution is 2.16. The largest absolute Gasteiger partial charge is 0.348 e. The maximum atomic E-state index is 12.1. The van der Waals surface area contributed by atoms with Crippen LogP contribution in [0, 0.1) is 0 Å². The lowest BCUT2D eigenvalue weighted by atomic mass is 10.2. The van der Waals surface area contributed by atoms with Crippen LogP contribution in [0.2, 0.25) is 0 Å². The number of carbonyl (C=O) groups is 1. The minimum absolute atomic E-state index is 0.0274. The Morgan fingerprint density at radius 3 is 3.09 bits per heavy atom. The minimum atomic E-state index is -0.0898. The summed E-state index contributed by atoms with van der Waals surface area (Å²) in [7, 11) is 0. The van der Waals surface area contributed by atoms with Gasteiger partial charge in [-0.1, -0.05) is 6.92 Å². The molecule has 1 N–H and O–H groups in total. The van der Waals surface area contributed by atoms with Crippen molar-refractivity contribution in [2.75, 3.05) is 0 Å². The zero-order valence-electron chi connectivity index (χ0n) is 12.7. The third-order valence-corrected chi connectivity index (χ3v) is 4.40. The van der Waals surface area contributed by atoms with Gasteiger partial charge < -0.3 is 9.88 Å². The number of hydrogen-bond acceptors (Lipinski definition) is 4. The summed E-state index contributed by atoms with van der Waals surface area (Å²) in [5, 5.41) is 4.99. The molecule has 0 aromatic carbocycles. The fraction of sp³-hybridized carbons (Fsp3) is 0.400. The van der Waals surface area contributed by atoms with Crippen LogP contribution < -0.4 is 5.32 Å². The van der Waals surface area contributed by atoms with Gasteiger partial charge in [0.05, 0.1) is 11.7 Å². The Morgan fingerprint density at radius 2 is 2.32 bits per heavy atom. The van der Waals surface area contributed by atoms with Gasteiger partial charge >= 0.3 is 0 Å². The Morgan fingerprint density at radius 1 is 1.45 bits per heavy atom. The summed E-state index contributed by atoms with van der Waals surface area (Å²) in [6.07, 6.45) is 8.93. The first-order valence-corrected chi connectivity index (χ1v) is 8.26. The van der Waals surface area contributed by atoms with Gasteiger partial charge in [0, 0.05) is 49.6 Å². The Balaban J connectivity index is 1.56. The number of carbonyl (C=O) groups excluding carboxylic acids is 1. The lowest BCUT2D eigenvalue weighted by molar-refractivity contribution is -0.122. The SMILES string of the molecule is CCc1nccn1CCC(=O)NC(C)c1cn2ccsc2n1. The molecule has 7 heteroatoms. The Labute approximate surface area is 132 Å². The number of aryl methyl sites for hydroxylation is 2. The zero-order valence-corrected chi connectivity index (χ0v) is 13.5. The fourth-order valence-electron chi connectivity index (χ4n) is 2.42. The number of aromatic nitrogens is 4. The van der Waals surface area contributed by atoms with Crippen molar-refractivity contribution in [2.45, 2.75) is 39.3 Å². The number of fused-ring (bicyclic) bond motifs is 1. The van der Waals surface area contributed by atoms with E-state index in [-0.39, 0.29) is 11.9 Å². The summed E-state index contributed by atoms with van der Waals surface area (Å²) in [6, 6.07) is -0.0898. The molecule has 0 bridgehead atoms. The Kier molecular flexibility index (Phi) is 4.24. The number of nitrogens with one attached hydrogen (secondary N) is 1. The molecule has 0 aliphatic rings. The molecule has 0 saturated carbocycles. The van der Waals surface area contributed by atoms with Crippen LogP contribution in [-0.2, 0) is 17.8 Å². The van der Waals surface area contributed by atoms with Crippen molar-refractivity contribution in [3.05, 3.63) is 41.7 Å². The number of thiazole rings is 1. The fourth-order valence-corrected chi connectivity index (χ4v) is 3.13. The van der Waals surface area contributed by atoms with E-state index in [0.717, 1.165) is 22.9 Å². The van der Waals surface area contributed by atoms with E-state index >= 15 is 0 Å². The van der Waals surface area contributed by atoms with Gasteiger partial charge in [0.1, 0.15) is 5.82 Å². The lowest BCUT2D eigenvalue weighted by Gasteiger charge is -2.12. The van der Waals surface area contributed by atoms with Crippen LogP contribution in [0.5, 0.6) is 0 Å². The van der Waals surface area contributed by atoms with Crippen molar-refractivity contribution in [3.63, 3.8) is 0 Å². The first-order valence-electron chi connectivity index (χ1n) is 7.39. The van der Waals surface area contributed by atoms with E-state index in [4.69, 9.17) is 0 Å². The topological polar surface area (TPSA) is 64.2 Å². The number of rotatable bonds is 6. The molecule has 0 saturated heterocycles. The van der Waals surface area contributed by atoms with Gasteiger partial charge in [-0.15, -0.1) is 11.3 Å². The molecule has 0 radical (unpaired) electrons. The van der Waals surface area contributed by atoms with E-state index < -0.39 is 0 Å². The van der Waals surface area contributed by atoms with E-state index in [0.29, 0.717) is 13.0 Å². The molecule has 1 amide bonds. The molecule has 3 heterocycles. The molecule has 0 fully saturated rings. The molecule has 0 aliphatic heterocycles. The van der Waals surface area contributed by atoms with Crippen LogP contribution in [0.15, 0.2) is 30.2 Å². The minimum Gasteiger partial charge on any atom is -0.348 e. The molecule has 0 aliphatic carbocycles. The van der Waals surface area contributed by atoms with Gasteiger partial charge in [0.15, 0.2) is 4.96 Å². The second-order valence-corrected chi connectivity index (χ2v) is 6.06. The molecule has 6 nitrogen and oxygen atoms in total. The smallest absolute Gasteiger partial charge is 0.222 e. The van der Waals surface area contributed by atoms with Gasteiger partial charge in [-0.2, -0.15) is 0 Å². The molecule has 1 unspecified atom stereocenters. The number of amides is 1. The summed E-state index contributed by atoms with van der Waals surface area (Å²) in [5.74, 6) is 1.04. The maximum absolute atomic E-state index is 12.1. The summed E-state index contributed by atoms with van der Waals surface area (Å²) in [6.45, 7) is 4.67. The maximum Gasteiger partial charge on any atom is 0.222 e. The van der Waals surface area contributed by atoms with Gasteiger partial charge in [-0.05, 0) is 6.92 Å². The molecule has 116 valence electrons. The zero-order chi connectivity index (χ0) is 15.5. The third kappa shape index (κ3) is 3.04. The van der Waals surface area contributed by atoms with E-state index in [9.17, 15) is 4.79 Å². The summed E-state index contributed by atoms with van der Waals surface area (Å²) < 4.78 is 4.00. The average Bonchev–Trinajstić information content (AvgIpc) is 3.19. The first-order chi connectivity index (χ1) is 10.7. The molecule has 1 atom stereocenters. The van der Waals surface area contributed by atoms with E-state index in [1.165, 1.54) is 0 Å². The van der Waals surface area contributed by atoms with Crippen molar-refractivity contribution in [2.24, 2.45) is 0 Å². The number of nitrogens with zero attached hydrogens (tertiary/aromatic N) is 4. The third-order valence-electron chi connectivity index (χ3n) is 3.63. The Hall–Kier alpha value is -2.15. The number of hydrogen-bond donors (Lipinski definition) is 1. The molecule has 22 heavy (non-hydrogen) atoms. The molecule has 3 aromatic rings. The van der Waals surface area contributed by atoms with E-state index in [1.807, 2.05) is 39.9 Å². The van der Waals surface area contributed by atoms with Crippen molar-refractivity contribution in [3.8, 4) is 0 Å². The molecule has 3 rings (SSSR count). The average molecular weight is 317 g/mol. The van der Waals surface area contributed by atoms with Gasteiger partial charge in [-0.3, -0.25) is 9.20 Å². The van der Waals surface area contributed by atoms with Crippen LogP contribution in [0.4, 0.5) is 0 Å². The van der Waals surface area contributed by atoms with E-state index in [2.05, 4.69) is 22.2 Å². The molecular weight excluding hydrogens is 298 g/mol. The predicted molar refractivity (Wildman–Crippen MR) is 85.8 cm³/mol. The van der Waals surface area contributed by atoms with Gasteiger partial charge in [0.25, 0.3) is 0 Å². The highest BCUT2D eigenvalue weighted by molar-refractivity contribution is 7.15.